The van der Waals surface area contributed by atoms with Gasteiger partial charge in [0, 0.05) is 24.4 Å². The van der Waals surface area contributed by atoms with E-state index in [1.165, 1.54) is 30.0 Å². The van der Waals surface area contributed by atoms with Gasteiger partial charge in [0.2, 0.25) is 15.9 Å². The lowest BCUT2D eigenvalue weighted by Crippen LogP contribution is -2.73. The van der Waals surface area contributed by atoms with Crippen molar-refractivity contribution in [3.05, 3.63) is 65.2 Å². The number of aliphatic hydroxyl groups excluding tert-OH is 1. The Morgan fingerprint density at radius 2 is 1.77 bits per heavy atom. The Bertz CT molecular complexity index is 1260. The largest absolute Gasteiger partial charge is 0.394 e. The minimum Gasteiger partial charge on any atom is -0.394 e. The first-order valence-corrected chi connectivity index (χ1v) is 13.9. The molecule has 3 aliphatic rings. The first kappa shape index (κ1) is 24.1. The van der Waals surface area contributed by atoms with Crippen LogP contribution < -0.4 is 0 Å². The predicted octanol–water partition coefficient (Wildman–Crippen LogP) is 3.29. The zero-order chi connectivity index (χ0) is 24.6. The first-order chi connectivity index (χ1) is 16.9. The highest BCUT2D eigenvalue weighted by Crippen LogP contribution is 2.43. The van der Waals surface area contributed by atoms with Gasteiger partial charge in [0.05, 0.1) is 30.1 Å². The molecule has 3 atom stereocenters. The van der Waals surface area contributed by atoms with Crippen molar-refractivity contribution in [3.8, 4) is 11.8 Å². The fraction of sp³-hybridized carbons (Fsp3) is 0.464. The fourth-order valence-electron chi connectivity index (χ4n) is 5.94. The van der Waals surface area contributed by atoms with Crippen LogP contribution >= 0.6 is 0 Å². The Balaban J connectivity index is 1.34. The molecule has 0 unspecified atom stereocenters. The molecule has 0 spiro atoms. The maximum absolute atomic E-state index is 13.4. The Labute approximate surface area is 208 Å². The molecule has 1 aliphatic carbocycles. The number of hydrogen-bond donors (Lipinski definition) is 1. The van der Waals surface area contributed by atoms with Gasteiger partial charge in [-0.15, -0.1) is 0 Å². The summed E-state index contributed by atoms with van der Waals surface area (Å²) < 4.78 is 28.0. The molecule has 35 heavy (non-hydrogen) atoms. The third kappa shape index (κ3) is 4.51. The number of carbonyl (C=O) groups excluding carboxylic acids is 1. The van der Waals surface area contributed by atoms with Crippen molar-refractivity contribution in [2.75, 3.05) is 19.7 Å². The highest BCUT2D eigenvalue weighted by atomic mass is 32.2. The lowest BCUT2D eigenvalue weighted by molar-refractivity contribution is -0.158. The Morgan fingerprint density at radius 1 is 1.06 bits per heavy atom. The smallest absolute Gasteiger partial charge is 0.243 e. The summed E-state index contributed by atoms with van der Waals surface area (Å²) in [5.41, 5.74) is 2.60. The minimum atomic E-state index is -3.80. The van der Waals surface area contributed by atoms with Gasteiger partial charge in [-0.05, 0) is 55.0 Å². The number of benzene rings is 2. The normalized spacial score (nSPS) is 25.0. The van der Waals surface area contributed by atoms with Gasteiger partial charge < -0.3 is 10.0 Å². The summed E-state index contributed by atoms with van der Waals surface area (Å²) in [6.45, 7) is 1.62. The second-order valence-electron chi connectivity index (χ2n) is 9.99. The van der Waals surface area contributed by atoms with Crippen LogP contribution in [0.5, 0.6) is 0 Å². The lowest BCUT2D eigenvalue weighted by Gasteiger charge is -2.58. The minimum absolute atomic E-state index is 0.126. The van der Waals surface area contributed by atoms with Gasteiger partial charge in [0.25, 0.3) is 0 Å². The van der Waals surface area contributed by atoms with Crippen molar-refractivity contribution in [1.82, 2.24) is 9.21 Å². The molecule has 7 heteroatoms. The zero-order valence-corrected chi connectivity index (χ0v) is 20.9. The maximum Gasteiger partial charge on any atom is 0.243 e. The molecule has 3 fully saturated rings. The average molecular weight is 493 g/mol. The van der Waals surface area contributed by atoms with Crippen molar-refractivity contribution < 1.29 is 18.3 Å². The molecule has 2 saturated heterocycles. The van der Waals surface area contributed by atoms with Gasteiger partial charge in [-0.1, -0.05) is 55.0 Å². The van der Waals surface area contributed by atoms with Crippen LogP contribution in [0.2, 0.25) is 0 Å². The molecule has 1 amide bonds. The summed E-state index contributed by atoms with van der Waals surface area (Å²) in [4.78, 5) is 14.9. The van der Waals surface area contributed by atoms with Crippen LogP contribution in [0.4, 0.5) is 0 Å². The monoisotopic (exact) mass is 492 g/mol. The standard InChI is InChI=1S/C28H32N2O4S/c1-20-7-2-5-12-26(20)35(33,34)29-17-24-28(25(19-31)30(24)27(32)18-29)23-15-13-22(14-16-23)11-6-10-21-8-3-4-9-21/h2,5,7,12-16,21,24-25,28,31H,3-4,8-10,17-19H2,1H3/t24-,25+,28-/m0/s1. The summed E-state index contributed by atoms with van der Waals surface area (Å²) in [5, 5.41) is 10.0. The van der Waals surface area contributed by atoms with Crippen LogP contribution in [0, 0.1) is 24.7 Å². The topological polar surface area (TPSA) is 77.9 Å². The lowest BCUT2D eigenvalue weighted by atomic mass is 9.74. The number of fused-ring (bicyclic) bond motifs is 1. The number of aryl methyl sites for hydroxylation is 1. The summed E-state index contributed by atoms with van der Waals surface area (Å²) in [6, 6.07) is 14.2. The number of nitrogens with zero attached hydrogens (tertiary/aromatic N) is 2. The van der Waals surface area contributed by atoms with E-state index < -0.39 is 10.0 Å². The molecule has 1 N–H and O–H groups in total. The molecule has 5 rings (SSSR count). The molecule has 2 aliphatic heterocycles. The summed E-state index contributed by atoms with van der Waals surface area (Å²) in [7, 11) is -3.80. The number of rotatable bonds is 5. The fourth-order valence-corrected chi connectivity index (χ4v) is 7.57. The number of carbonyl (C=O) groups is 1. The van der Waals surface area contributed by atoms with E-state index in [4.69, 9.17) is 0 Å². The van der Waals surface area contributed by atoms with Gasteiger partial charge in [-0.3, -0.25) is 4.79 Å². The van der Waals surface area contributed by atoms with E-state index in [2.05, 4.69) is 11.8 Å². The van der Waals surface area contributed by atoms with E-state index in [0.29, 0.717) is 5.56 Å². The van der Waals surface area contributed by atoms with Crippen LogP contribution in [0.15, 0.2) is 53.4 Å². The third-order valence-electron chi connectivity index (χ3n) is 7.83. The van der Waals surface area contributed by atoms with E-state index in [0.717, 1.165) is 23.5 Å². The molecule has 1 saturated carbocycles. The molecular formula is C28H32N2O4S. The number of aliphatic hydroxyl groups is 1. The van der Waals surface area contributed by atoms with Crippen LogP contribution in [-0.2, 0) is 14.8 Å². The van der Waals surface area contributed by atoms with Crippen LogP contribution in [0.1, 0.15) is 54.7 Å². The van der Waals surface area contributed by atoms with E-state index in [1.54, 1.807) is 36.1 Å². The highest BCUT2D eigenvalue weighted by molar-refractivity contribution is 7.89. The third-order valence-corrected chi connectivity index (χ3v) is 9.80. The number of sulfonamides is 1. The summed E-state index contributed by atoms with van der Waals surface area (Å²) in [6.07, 6.45) is 6.15. The quantitative estimate of drug-likeness (QED) is 0.650. The SMILES string of the molecule is Cc1ccccc1S(=O)(=O)N1CC(=O)N2[C@H](CO)[C@@H](c3ccc(C#CCC4CCCC4)cc3)[C@@H]2C1. The summed E-state index contributed by atoms with van der Waals surface area (Å²) >= 11 is 0. The molecule has 2 aromatic carbocycles. The second kappa shape index (κ2) is 9.77. The highest BCUT2D eigenvalue weighted by Gasteiger charge is 2.55. The second-order valence-corrected chi connectivity index (χ2v) is 11.9. The van der Waals surface area contributed by atoms with Gasteiger partial charge in [0.1, 0.15) is 0 Å². The molecule has 0 aromatic heterocycles. The van der Waals surface area contributed by atoms with E-state index in [1.807, 2.05) is 24.3 Å². The van der Waals surface area contributed by atoms with Crippen LogP contribution in [0.25, 0.3) is 0 Å². The molecule has 2 aromatic rings. The van der Waals surface area contributed by atoms with Crippen LogP contribution in [-0.4, -0.2) is 60.4 Å². The Morgan fingerprint density at radius 3 is 2.46 bits per heavy atom. The van der Waals surface area contributed by atoms with E-state index in [9.17, 15) is 18.3 Å². The molecule has 0 radical (unpaired) electrons. The zero-order valence-electron chi connectivity index (χ0n) is 20.1. The van der Waals surface area contributed by atoms with Gasteiger partial charge in [-0.2, -0.15) is 4.31 Å². The van der Waals surface area contributed by atoms with Crippen molar-refractivity contribution in [2.24, 2.45) is 5.92 Å². The molecule has 2 heterocycles. The van der Waals surface area contributed by atoms with Gasteiger partial charge >= 0.3 is 0 Å². The van der Waals surface area contributed by atoms with E-state index in [-0.39, 0.29) is 48.5 Å². The van der Waals surface area contributed by atoms with Crippen molar-refractivity contribution in [1.29, 1.82) is 0 Å². The molecule has 0 bridgehead atoms. The van der Waals surface area contributed by atoms with Crippen molar-refractivity contribution in [3.63, 3.8) is 0 Å². The average Bonchev–Trinajstić information content (AvgIpc) is 3.35. The van der Waals surface area contributed by atoms with Gasteiger partial charge in [-0.25, -0.2) is 8.42 Å². The predicted molar refractivity (Wildman–Crippen MR) is 134 cm³/mol. The van der Waals surface area contributed by atoms with E-state index >= 15 is 0 Å². The molecule has 6 nitrogen and oxygen atoms in total. The first-order valence-electron chi connectivity index (χ1n) is 12.5. The number of piperazine rings is 1. The molecule has 184 valence electrons. The Kier molecular flexibility index (Phi) is 6.71. The van der Waals surface area contributed by atoms with Crippen molar-refractivity contribution in [2.45, 2.75) is 61.9 Å². The number of amides is 1. The van der Waals surface area contributed by atoms with Crippen molar-refractivity contribution >= 4 is 15.9 Å². The summed E-state index contributed by atoms with van der Waals surface area (Å²) in [5.74, 6) is 6.92. The Hall–Kier alpha value is -2.66. The maximum atomic E-state index is 13.4. The number of hydrogen-bond acceptors (Lipinski definition) is 4. The van der Waals surface area contributed by atoms with Crippen LogP contribution in [0.3, 0.4) is 0 Å². The van der Waals surface area contributed by atoms with Gasteiger partial charge in [0.15, 0.2) is 0 Å². The molecular weight excluding hydrogens is 460 g/mol.